The molecule has 0 aliphatic heterocycles. The summed E-state index contributed by atoms with van der Waals surface area (Å²) >= 11 is 11.2. The summed E-state index contributed by atoms with van der Waals surface area (Å²) in [6, 6.07) is 3.93. The summed E-state index contributed by atoms with van der Waals surface area (Å²) in [6.07, 6.45) is 4.18. The lowest BCUT2D eigenvalue weighted by Crippen LogP contribution is -2.07. The number of ether oxygens (including phenoxy) is 3. The number of Topliss-reactive ketones (excluding diaryl/α,β-unsaturated/α-hetero) is 1. The lowest BCUT2D eigenvalue weighted by atomic mass is 10.1. The van der Waals surface area contributed by atoms with Gasteiger partial charge in [0.15, 0.2) is 5.78 Å². The summed E-state index contributed by atoms with van der Waals surface area (Å²) < 4.78 is 17.0. The molecule has 0 saturated heterocycles. The van der Waals surface area contributed by atoms with Gasteiger partial charge >= 0.3 is 0 Å². The van der Waals surface area contributed by atoms with E-state index in [1.807, 2.05) is 19.1 Å². The third kappa shape index (κ3) is 9.15. The zero-order valence-corrected chi connectivity index (χ0v) is 16.6. The summed E-state index contributed by atoms with van der Waals surface area (Å²) in [7, 11) is 0. The second-order valence-corrected chi connectivity index (χ2v) is 6.70. The molecule has 1 aromatic rings. The first kappa shape index (κ1) is 21.8. The number of hydrogen-bond donors (Lipinski definition) is 0. The van der Waals surface area contributed by atoms with E-state index in [0.717, 1.165) is 41.9 Å². The Morgan fingerprint density at radius 2 is 1.88 bits per heavy atom. The molecule has 0 aliphatic carbocycles. The minimum absolute atomic E-state index is 0.0468. The van der Waals surface area contributed by atoms with Crippen molar-refractivity contribution in [3.05, 3.63) is 33.8 Å². The predicted octanol–water partition coefficient (Wildman–Crippen LogP) is 5.02. The Morgan fingerprint density at radius 1 is 1.16 bits per heavy atom. The summed E-state index contributed by atoms with van der Waals surface area (Å²) in [4.78, 5) is 10.8. The van der Waals surface area contributed by atoms with E-state index in [1.165, 1.54) is 6.92 Å². The average Bonchev–Trinajstić information content (AvgIpc) is 2.54. The van der Waals surface area contributed by atoms with Gasteiger partial charge in [-0.05, 0) is 62.4 Å². The minimum Gasteiger partial charge on any atom is -0.493 e. The Hall–Kier alpha value is -1.23. The second-order valence-electron chi connectivity index (χ2n) is 5.70. The fraction of sp³-hybridized carbons (Fsp3) is 0.526. The molecule has 140 valence electrons. The van der Waals surface area contributed by atoms with Gasteiger partial charge in [0.2, 0.25) is 0 Å². The molecule has 1 rings (SSSR count). The van der Waals surface area contributed by atoms with Crippen molar-refractivity contribution in [1.29, 1.82) is 0 Å². The molecule has 0 aromatic heterocycles. The van der Waals surface area contributed by atoms with Crippen molar-refractivity contribution in [2.75, 3.05) is 26.4 Å². The minimum atomic E-state index is 0.0468. The van der Waals surface area contributed by atoms with Crippen molar-refractivity contribution < 1.29 is 19.0 Å². The highest BCUT2D eigenvalue weighted by atomic mass is 35.5. The number of carbonyl (C=O) groups is 1. The standard InChI is InChI=1S/C19H26Cl2O4/c1-4-16-12-17(24-10-7-18(20)21)11-14(2)19(16)25-9-6-5-8-23-13-15(3)22/h7,11-12H,4-6,8-10,13H2,1-3H3. The smallest absolute Gasteiger partial charge is 0.155 e. The first-order valence-electron chi connectivity index (χ1n) is 8.41. The third-order valence-corrected chi connectivity index (χ3v) is 3.74. The number of aryl methyl sites for hydroxylation is 2. The Morgan fingerprint density at radius 3 is 2.52 bits per heavy atom. The number of unbranched alkanes of at least 4 members (excludes halogenated alkanes) is 1. The second kappa shape index (κ2) is 12.2. The highest BCUT2D eigenvalue weighted by molar-refractivity contribution is 6.55. The molecule has 0 aliphatic rings. The summed E-state index contributed by atoms with van der Waals surface area (Å²) in [5.74, 6) is 1.72. The van der Waals surface area contributed by atoms with E-state index in [4.69, 9.17) is 37.4 Å². The fourth-order valence-electron chi connectivity index (χ4n) is 2.26. The normalized spacial score (nSPS) is 10.4. The molecule has 0 fully saturated rings. The van der Waals surface area contributed by atoms with Gasteiger partial charge in [-0.25, -0.2) is 0 Å². The Bertz CT molecular complexity index is 581. The van der Waals surface area contributed by atoms with Crippen LogP contribution in [0.5, 0.6) is 11.5 Å². The molecule has 0 unspecified atom stereocenters. The highest BCUT2D eigenvalue weighted by Gasteiger charge is 2.09. The van der Waals surface area contributed by atoms with Gasteiger partial charge in [0.1, 0.15) is 29.2 Å². The number of hydrogen-bond acceptors (Lipinski definition) is 4. The maximum atomic E-state index is 10.8. The molecule has 4 nitrogen and oxygen atoms in total. The van der Waals surface area contributed by atoms with Crippen LogP contribution >= 0.6 is 23.2 Å². The van der Waals surface area contributed by atoms with Crippen LogP contribution in [0, 0.1) is 6.92 Å². The summed E-state index contributed by atoms with van der Waals surface area (Å²) in [5.41, 5.74) is 2.13. The van der Waals surface area contributed by atoms with E-state index in [1.54, 1.807) is 6.08 Å². The zero-order valence-electron chi connectivity index (χ0n) is 15.1. The molecule has 1 aromatic carbocycles. The van der Waals surface area contributed by atoms with Gasteiger partial charge in [0.05, 0.1) is 6.61 Å². The van der Waals surface area contributed by atoms with Crippen LogP contribution in [-0.4, -0.2) is 32.2 Å². The van der Waals surface area contributed by atoms with Gasteiger partial charge in [0, 0.05) is 6.61 Å². The first-order valence-corrected chi connectivity index (χ1v) is 9.17. The van der Waals surface area contributed by atoms with Crippen LogP contribution in [0.2, 0.25) is 0 Å². The molecule has 0 heterocycles. The van der Waals surface area contributed by atoms with Gasteiger partial charge in [0.25, 0.3) is 0 Å². The van der Waals surface area contributed by atoms with Crippen molar-refractivity contribution >= 4 is 29.0 Å². The molecule has 0 N–H and O–H groups in total. The predicted molar refractivity (Wildman–Crippen MR) is 102 cm³/mol. The van der Waals surface area contributed by atoms with E-state index >= 15 is 0 Å². The number of rotatable bonds is 12. The van der Waals surface area contributed by atoms with Crippen LogP contribution in [-0.2, 0) is 16.0 Å². The van der Waals surface area contributed by atoms with Crippen LogP contribution in [0.3, 0.4) is 0 Å². The summed E-state index contributed by atoms with van der Waals surface area (Å²) in [6.45, 7) is 7.30. The van der Waals surface area contributed by atoms with Gasteiger partial charge in [-0.1, -0.05) is 30.1 Å². The van der Waals surface area contributed by atoms with E-state index in [2.05, 4.69) is 6.92 Å². The largest absolute Gasteiger partial charge is 0.493 e. The molecule has 0 spiro atoms. The van der Waals surface area contributed by atoms with E-state index < -0.39 is 0 Å². The van der Waals surface area contributed by atoms with E-state index in [9.17, 15) is 4.79 Å². The highest BCUT2D eigenvalue weighted by Crippen LogP contribution is 2.30. The third-order valence-electron chi connectivity index (χ3n) is 3.43. The molecule has 0 saturated carbocycles. The number of ketones is 1. The molecule has 0 atom stereocenters. The lowest BCUT2D eigenvalue weighted by molar-refractivity contribution is -0.121. The Balaban J connectivity index is 2.50. The van der Waals surface area contributed by atoms with Crippen molar-refractivity contribution in [2.24, 2.45) is 0 Å². The van der Waals surface area contributed by atoms with Crippen molar-refractivity contribution in [2.45, 2.75) is 40.0 Å². The number of carbonyl (C=O) groups excluding carboxylic acids is 1. The average molecular weight is 389 g/mol. The van der Waals surface area contributed by atoms with Crippen LogP contribution in [0.25, 0.3) is 0 Å². The lowest BCUT2D eigenvalue weighted by Gasteiger charge is -2.15. The zero-order chi connectivity index (χ0) is 18.7. The van der Waals surface area contributed by atoms with Gasteiger partial charge in [-0.15, -0.1) is 0 Å². The monoisotopic (exact) mass is 388 g/mol. The molecule has 0 radical (unpaired) electrons. The molecule has 0 bridgehead atoms. The molecule has 6 heteroatoms. The van der Waals surface area contributed by atoms with E-state index in [0.29, 0.717) is 19.8 Å². The molecular formula is C19H26Cl2O4. The number of halogens is 2. The van der Waals surface area contributed by atoms with Crippen LogP contribution < -0.4 is 9.47 Å². The Kier molecular flexibility index (Phi) is 10.6. The SMILES string of the molecule is CCc1cc(OCC=C(Cl)Cl)cc(C)c1OCCCCOCC(C)=O. The van der Waals surface area contributed by atoms with Crippen molar-refractivity contribution in [3.8, 4) is 11.5 Å². The maximum absolute atomic E-state index is 10.8. The van der Waals surface area contributed by atoms with Crippen LogP contribution in [0.15, 0.2) is 22.7 Å². The maximum Gasteiger partial charge on any atom is 0.155 e. The quantitative estimate of drug-likeness (QED) is 0.471. The van der Waals surface area contributed by atoms with E-state index in [-0.39, 0.29) is 16.9 Å². The van der Waals surface area contributed by atoms with Crippen molar-refractivity contribution in [1.82, 2.24) is 0 Å². The molecular weight excluding hydrogens is 363 g/mol. The Labute approximate surface area is 160 Å². The fourth-order valence-corrected chi connectivity index (χ4v) is 2.39. The molecule has 25 heavy (non-hydrogen) atoms. The topological polar surface area (TPSA) is 44.8 Å². The van der Waals surface area contributed by atoms with Gasteiger partial charge in [-0.3, -0.25) is 4.79 Å². The summed E-state index contributed by atoms with van der Waals surface area (Å²) in [5, 5.41) is 0. The number of benzene rings is 1. The first-order chi connectivity index (χ1) is 11.9. The van der Waals surface area contributed by atoms with Gasteiger partial charge in [-0.2, -0.15) is 0 Å². The van der Waals surface area contributed by atoms with Crippen LogP contribution in [0.4, 0.5) is 0 Å². The van der Waals surface area contributed by atoms with Gasteiger partial charge < -0.3 is 14.2 Å². The molecule has 0 amide bonds. The van der Waals surface area contributed by atoms with Crippen molar-refractivity contribution in [3.63, 3.8) is 0 Å². The van der Waals surface area contributed by atoms with Crippen LogP contribution in [0.1, 0.15) is 37.8 Å².